The maximum atomic E-state index is 12.4. The van der Waals surface area contributed by atoms with Crippen LogP contribution in [0.2, 0.25) is 0 Å². The van der Waals surface area contributed by atoms with Crippen molar-refractivity contribution in [2.24, 2.45) is 0 Å². The molecule has 0 spiro atoms. The number of fused-ring (bicyclic) bond motifs is 1. The lowest BCUT2D eigenvalue weighted by molar-refractivity contribution is -0.386. The topological polar surface area (TPSA) is 90.1 Å². The van der Waals surface area contributed by atoms with Gasteiger partial charge in [0.15, 0.2) is 0 Å². The Hall–Kier alpha value is -3.22. The summed E-state index contributed by atoms with van der Waals surface area (Å²) in [6, 6.07) is 13.9. The number of nitro groups is 1. The van der Waals surface area contributed by atoms with Gasteiger partial charge in [-0.3, -0.25) is 19.6 Å². The van der Waals surface area contributed by atoms with Gasteiger partial charge in [-0.2, -0.15) is 5.10 Å². The summed E-state index contributed by atoms with van der Waals surface area (Å²) in [6.07, 6.45) is 0. The maximum Gasteiger partial charge on any atom is 0.312 e. The number of carbonyl (C=O) groups excluding carboxylic acids is 1. The van der Waals surface area contributed by atoms with Gasteiger partial charge in [-0.1, -0.05) is 36.4 Å². The first kappa shape index (κ1) is 17.6. The second kappa shape index (κ2) is 6.95. The number of hydrogen-bond acceptors (Lipinski definition) is 4. The minimum atomic E-state index is -0.468. The summed E-state index contributed by atoms with van der Waals surface area (Å²) in [6.45, 7) is 5.01. The highest BCUT2D eigenvalue weighted by molar-refractivity contribution is 5.83. The summed E-state index contributed by atoms with van der Waals surface area (Å²) in [4.78, 5) is 23.0. The van der Waals surface area contributed by atoms with E-state index in [0.717, 1.165) is 16.3 Å². The monoisotopic (exact) mass is 352 g/mol. The number of hydrogen-bond donors (Lipinski definition) is 1. The highest BCUT2D eigenvalue weighted by Gasteiger charge is 2.23. The van der Waals surface area contributed by atoms with Gasteiger partial charge in [-0.15, -0.1) is 0 Å². The first-order valence-electron chi connectivity index (χ1n) is 8.33. The second-order valence-corrected chi connectivity index (χ2v) is 6.33. The molecule has 3 rings (SSSR count). The molecule has 134 valence electrons. The molecule has 1 unspecified atom stereocenters. The predicted octanol–water partition coefficient (Wildman–Crippen LogP) is 3.44. The molecule has 26 heavy (non-hydrogen) atoms. The molecule has 0 bridgehead atoms. The largest absolute Gasteiger partial charge is 0.348 e. The summed E-state index contributed by atoms with van der Waals surface area (Å²) in [5.41, 5.74) is 1.64. The van der Waals surface area contributed by atoms with Gasteiger partial charge in [0.05, 0.1) is 11.0 Å². The summed E-state index contributed by atoms with van der Waals surface area (Å²) in [5, 5.41) is 20.3. The van der Waals surface area contributed by atoms with Gasteiger partial charge in [-0.05, 0) is 43.2 Å². The molecule has 1 amide bonds. The molecule has 0 aliphatic carbocycles. The molecule has 3 aromatic rings. The van der Waals surface area contributed by atoms with E-state index in [1.165, 1.54) is 4.68 Å². The molecule has 7 heteroatoms. The number of amides is 1. The van der Waals surface area contributed by atoms with Crippen molar-refractivity contribution in [1.29, 1.82) is 0 Å². The van der Waals surface area contributed by atoms with Crippen LogP contribution in [0.5, 0.6) is 0 Å². The van der Waals surface area contributed by atoms with Crippen molar-refractivity contribution in [1.82, 2.24) is 15.1 Å². The van der Waals surface area contributed by atoms with E-state index in [9.17, 15) is 14.9 Å². The van der Waals surface area contributed by atoms with Crippen LogP contribution in [0.4, 0.5) is 5.69 Å². The van der Waals surface area contributed by atoms with E-state index in [2.05, 4.69) is 16.5 Å². The molecule has 0 radical (unpaired) electrons. The summed E-state index contributed by atoms with van der Waals surface area (Å²) < 4.78 is 1.37. The van der Waals surface area contributed by atoms with Gasteiger partial charge in [0.2, 0.25) is 5.91 Å². The van der Waals surface area contributed by atoms with Crippen LogP contribution in [0.25, 0.3) is 10.8 Å². The van der Waals surface area contributed by atoms with Gasteiger partial charge in [0.25, 0.3) is 0 Å². The maximum absolute atomic E-state index is 12.4. The quantitative estimate of drug-likeness (QED) is 0.562. The number of nitrogens with one attached hydrogen (secondary N) is 1. The van der Waals surface area contributed by atoms with Crippen LogP contribution in [0, 0.1) is 24.0 Å². The highest BCUT2D eigenvalue weighted by Crippen LogP contribution is 2.22. The lowest BCUT2D eigenvalue weighted by atomic mass is 10.0. The van der Waals surface area contributed by atoms with Gasteiger partial charge in [-0.25, -0.2) is 0 Å². The van der Waals surface area contributed by atoms with Crippen LogP contribution < -0.4 is 5.32 Å². The standard InChI is InChI=1S/C19H20N4O3/c1-12(16-9-8-15-6-4-5-7-17(15)10-16)20-18(24)11-22-14(3)19(23(25)26)13(2)21-22/h4-10,12H,11H2,1-3H3,(H,20,24). The van der Waals surface area contributed by atoms with Gasteiger partial charge < -0.3 is 5.32 Å². The lowest BCUT2D eigenvalue weighted by Crippen LogP contribution is -2.30. The summed E-state index contributed by atoms with van der Waals surface area (Å²) in [7, 11) is 0. The van der Waals surface area contributed by atoms with E-state index < -0.39 is 4.92 Å². The first-order valence-corrected chi connectivity index (χ1v) is 8.33. The molecule has 1 heterocycles. The molecule has 0 fully saturated rings. The van der Waals surface area contributed by atoms with Crippen molar-refractivity contribution in [2.45, 2.75) is 33.4 Å². The van der Waals surface area contributed by atoms with Crippen molar-refractivity contribution >= 4 is 22.4 Å². The van der Waals surface area contributed by atoms with E-state index in [1.54, 1.807) is 13.8 Å². The molecule has 1 atom stereocenters. The van der Waals surface area contributed by atoms with Crippen LogP contribution >= 0.6 is 0 Å². The molecule has 0 saturated heterocycles. The molecule has 7 nitrogen and oxygen atoms in total. The third kappa shape index (κ3) is 3.42. The number of rotatable bonds is 5. The molecule has 0 aliphatic rings. The van der Waals surface area contributed by atoms with E-state index in [-0.39, 0.29) is 24.2 Å². The van der Waals surface area contributed by atoms with Crippen molar-refractivity contribution < 1.29 is 9.72 Å². The third-order valence-corrected chi connectivity index (χ3v) is 4.47. The second-order valence-electron chi connectivity index (χ2n) is 6.33. The Morgan fingerprint density at radius 1 is 1.23 bits per heavy atom. The van der Waals surface area contributed by atoms with Gasteiger partial charge in [0, 0.05) is 0 Å². The number of nitrogens with zero attached hydrogens (tertiary/aromatic N) is 3. The molecular formula is C19H20N4O3. The smallest absolute Gasteiger partial charge is 0.312 e. The predicted molar refractivity (Wildman–Crippen MR) is 98.9 cm³/mol. The molecular weight excluding hydrogens is 332 g/mol. The molecule has 0 saturated carbocycles. The third-order valence-electron chi connectivity index (χ3n) is 4.47. The Morgan fingerprint density at radius 2 is 1.92 bits per heavy atom. The van der Waals surface area contributed by atoms with Crippen molar-refractivity contribution in [3.05, 3.63) is 69.5 Å². The van der Waals surface area contributed by atoms with E-state index in [0.29, 0.717) is 11.4 Å². The molecule has 1 aromatic heterocycles. The Kier molecular flexibility index (Phi) is 4.71. The van der Waals surface area contributed by atoms with Crippen LogP contribution in [0.15, 0.2) is 42.5 Å². The van der Waals surface area contributed by atoms with Crippen molar-refractivity contribution in [2.75, 3.05) is 0 Å². The normalized spacial score (nSPS) is 12.1. The highest BCUT2D eigenvalue weighted by atomic mass is 16.6. The zero-order valence-corrected chi connectivity index (χ0v) is 14.9. The number of benzene rings is 2. The number of carbonyl (C=O) groups is 1. The average molecular weight is 352 g/mol. The Labute approximate surface area is 150 Å². The Balaban J connectivity index is 1.73. The minimum Gasteiger partial charge on any atom is -0.348 e. The zero-order valence-electron chi connectivity index (χ0n) is 14.9. The summed E-state index contributed by atoms with van der Waals surface area (Å²) >= 11 is 0. The van der Waals surface area contributed by atoms with Crippen molar-refractivity contribution in [3.8, 4) is 0 Å². The van der Waals surface area contributed by atoms with E-state index in [1.807, 2.05) is 43.3 Å². The van der Waals surface area contributed by atoms with Crippen LogP contribution in [0.1, 0.15) is 29.9 Å². The van der Waals surface area contributed by atoms with Gasteiger partial charge >= 0.3 is 5.69 Å². The van der Waals surface area contributed by atoms with E-state index in [4.69, 9.17) is 0 Å². The zero-order chi connectivity index (χ0) is 18.8. The molecule has 2 aromatic carbocycles. The summed E-state index contributed by atoms with van der Waals surface area (Å²) in [5.74, 6) is -0.244. The fourth-order valence-corrected chi connectivity index (χ4v) is 3.09. The lowest BCUT2D eigenvalue weighted by Gasteiger charge is -2.15. The molecule has 0 aliphatic heterocycles. The molecule has 1 N–H and O–H groups in total. The Bertz CT molecular complexity index is 994. The Morgan fingerprint density at radius 3 is 2.58 bits per heavy atom. The van der Waals surface area contributed by atoms with E-state index >= 15 is 0 Å². The minimum absolute atomic E-state index is 0.0413. The number of aryl methyl sites for hydroxylation is 1. The number of aromatic nitrogens is 2. The van der Waals surface area contributed by atoms with Crippen LogP contribution in [-0.4, -0.2) is 20.6 Å². The SMILES string of the molecule is Cc1nn(CC(=O)NC(C)c2ccc3ccccc3c2)c(C)c1[N+](=O)[O-]. The fraction of sp³-hybridized carbons (Fsp3) is 0.263. The van der Waals surface area contributed by atoms with Crippen LogP contribution in [-0.2, 0) is 11.3 Å². The van der Waals surface area contributed by atoms with Crippen LogP contribution in [0.3, 0.4) is 0 Å². The first-order chi connectivity index (χ1) is 12.4. The fourth-order valence-electron chi connectivity index (χ4n) is 3.09. The van der Waals surface area contributed by atoms with Gasteiger partial charge in [0.1, 0.15) is 17.9 Å². The van der Waals surface area contributed by atoms with Crippen molar-refractivity contribution in [3.63, 3.8) is 0 Å². The average Bonchev–Trinajstić information content (AvgIpc) is 2.87.